The molecule has 0 aliphatic carbocycles. The van der Waals surface area contributed by atoms with Crippen LogP contribution in [0.2, 0.25) is 0 Å². The fraction of sp³-hybridized carbons (Fsp3) is 0.267. The third kappa shape index (κ3) is 4.68. The summed E-state index contributed by atoms with van der Waals surface area (Å²) in [5.74, 6) is 0. The van der Waals surface area contributed by atoms with Gasteiger partial charge in [-0.25, -0.2) is 4.79 Å². The Morgan fingerprint density at radius 2 is 2.00 bits per heavy atom. The van der Waals surface area contributed by atoms with E-state index >= 15 is 0 Å². The summed E-state index contributed by atoms with van der Waals surface area (Å²) in [6.07, 6.45) is 0.141. The largest absolute Gasteiger partial charge is 0.387 e. The first kappa shape index (κ1) is 14.6. The number of thiophene rings is 1. The van der Waals surface area contributed by atoms with Gasteiger partial charge in [-0.05, 0) is 34.4 Å². The number of hydrogen-bond acceptors (Lipinski definition) is 3. The minimum atomic E-state index is -0.652. The molecule has 0 spiro atoms. The van der Waals surface area contributed by atoms with E-state index < -0.39 is 6.10 Å². The summed E-state index contributed by atoms with van der Waals surface area (Å²) >= 11 is 1.53. The predicted molar refractivity (Wildman–Crippen MR) is 80.8 cm³/mol. The van der Waals surface area contributed by atoms with Crippen LogP contribution >= 0.6 is 11.3 Å². The van der Waals surface area contributed by atoms with Gasteiger partial charge in [-0.3, -0.25) is 0 Å². The molecule has 0 aliphatic heterocycles. The molecule has 106 valence electrons. The van der Waals surface area contributed by atoms with E-state index in [1.165, 1.54) is 16.9 Å². The zero-order valence-corrected chi connectivity index (χ0v) is 11.9. The minimum Gasteiger partial charge on any atom is -0.387 e. The van der Waals surface area contributed by atoms with Gasteiger partial charge in [0.15, 0.2) is 0 Å². The molecule has 0 fully saturated rings. The highest BCUT2D eigenvalue weighted by molar-refractivity contribution is 7.07. The molecule has 0 radical (unpaired) electrons. The Morgan fingerprint density at radius 1 is 1.20 bits per heavy atom. The maximum atomic E-state index is 11.6. The van der Waals surface area contributed by atoms with Crippen molar-refractivity contribution in [3.05, 3.63) is 58.3 Å². The number of rotatable bonds is 6. The highest BCUT2D eigenvalue weighted by Crippen LogP contribution is 2.14. The molecule has 0 saturated heterocycles. The quantitative estimate of drug-likeness (QED) is 0.764. The van der Waals surface area contributed by atoms with Crippen molar-refractivity contribution in [1.29, 1.82) is 0 Å². The zero-order chi connectivity index (χ0) is 14.2. The van der Waals surface area contributed by atoms with E-state index in [-0.39, 0.29) is 12.6 Å². The van der Waals surface area contributed by atoms with Gasteiger partial charge in [0.2, 0.25) is 0 Å². The molecule has 4 nitrogen and oxygen atoms in total. The van der Waals surface area contributed by atoms with Crippen LogP contribution in [0, 0.1) is 0 Å². The molecule has 0 saturated carbocycles. The lowest BCUT2D eigenvalue weighted by molar-refractivity contribution is 0.173. The Kier molecular flexibility index (Phi) is 5.58. The third-order valence-electron chi connectivity index (χ3n) is 2.93. The summed E-state index contributed by atoms with van der Waals surface area (Å²) in [6.45, 7) is 0.790. The molecule has 0 unspecified atom stereocenters. The van der Waals surface area contributed by atoms with Crippen molar-refractivity contribution < 1.29 is 9.90 Å². The summed E-state index contributed by atoms with van der Waals surface area (Å²) in [5, 5.41) is 19.0. The second kappa shape index (κ2) is 7.67. The normalized spacial score (nSPS) is 11.8. The lowest BCUT2D eigenvalue weighted by Gasteiger charge is -2.11. The molecule has 1 atom stereocenters. The van der Waals surface area contributed by atoms with Crippen LogP contribution in [-0.2, 0) is 6.42 Å². The topological polar surface area (TPSA) is 61.4 Å². The molecule has 1 heterocycles. The number of carbonyl (C=O) groups is 1. The van der Waals surface area contributed by atoms with Crippen molar-refractivity contribution in [2.24, 2.45) is 0 Å². The molecule has 3 N–H and O–H groups in total. The van der Waals surface area contributed by atoms with Crippen LogP contribution in [0.15, 0.2) is 47.2 Å². The molecule has 5 heteroatoms. The molecule has 2 aromatic rings. The zero-order valence-electron chi connectivity index (χ0n) is 11.1. The Bertz CT molecular complexity index is 514. The molecule has 1 aromatic heterocycles. The van der Waals surface area contributed by atoms with Crippen LogP contribution in [-0.4, -0.2) is 24.2 Å². The smallest absolute Gasteiger partial charge is 0.314 e. The molecular formula is C15H18N2O2S. The van der Waals surface area contributed by atoms with E-state index in [1.807, 2.05) is 47.2 Å². The van der Waals surface area contributed by atoms with Gasteiger partial charge in [0.1, 0.15) is 0 Å². The Labute approximate surface area is 122 Å². The van der Waals surface area contributed by atoms with Crippen molar-refractivity contribution in [3.8, 4) is 0 Å². The van der Waals surface area contributed by atoms with Gasteiger partial charge in [0, 0.05) is 13.1 Å². The average molecular weight is 290 g/mol. The van der Waals surface area contributed by atoms with E-state index in [1.54, 1.807) is 0 Å². The molecule has 2 amide bonds. The van der Waals surface area contributed by atoms with Crippen molar-refractivity contribution >= 4 is 17.4 Å². The maximum absolute atomic E-state index is 11.6. The van der Waals surface area contributed by atoms with Gasteiger partial charge in [0.25, 0.3) is 0 Å². The number of amides is 2. The van der Waals surface area contributed by atoms with E-state index in [9.17, 15) is 9.90 Å². The fourth-order valence-corrected chi connectivity index (χ4v) is 2.51. The van der Waals surface area contributed by atoms with Gasteiger partial charge in [0.05, 0.1) is 6.10 Å². The third-order valence-corrected chi connectivity index (χ3v) is 3.63. The summed E-state index contributed by atoms with van der Waals surface area (Å²) < 4.78 is 0. The Hall–Kier alpha value is -1.85. The second-order valence-electron chi connectivity index (χ2n) is 4.44. The van der Waals surface area contributed by atoms with Crippen molar-refractivity contribution in [2.75, 3.05) is 13.1 Å². The van der Waals surface area contributed by atoms with Crippen molar-refractivity contribution in [3.63, 3.8) is 0 Å². The molecule has 0 aliphatic rings. The van der Waals surface area contributed by atoms with Crippen LogP contribution in [0.5, 0.6) is 0 Å². The summed E-state index contributed by atoms with van der Waals surface area (Å²) in [5.41, 5.74) is 2.02. The monoisotopic (exact) mass is 290 g/mol. The molecule has 0 bridgehead atoms. The van der Waals surface area contributed by atoms with Gasteiger partial charge < -0.3 is 15.7 Å². The average Bonchev–Trinajstić information content (AvgIpc) is 3.00. The van der Waals surface area contributed by atoms with Gasteiger partial charge in [-0.2, -0.15) is 11.3 Å². The molecule has 20 heavy (non-hydrogen) atoms. The number of aliphatic hydroxyl groups is 1. The number of aliphatic hydroxyl groups excluding tert-OH is 1. The van der Waals surface area contributed by atoms with E-state index in [2.05, 4.69) is 10.6 Å². The van der Waals surface area contributed by atoms with Crippen LogP contribution in [0.25, 0.3) is 0 Å². The number of urea groups is 1. The number of benzene rings is 1. The highest BCUT2D eigenvalue weighted by atomic mass is 32.1. The highest BCUT2D eigenvalue weighted by Gasteiger charge is 2.09. The lowest BCUT2D eigenvalue weighted by Crippen LogP contribution is -2.38. The maximum Gasteiger partial charge on any atom is 0.314 e. The predicted octanol–water partition coefficient (Wildman–Crippen LogP) is 2.32. The van der Waals surface area contributed by atoms with Crippen LogP contribution in [0.4, 0.5) is 4.79 Å². The summed E-state index contributed by atoms with van der Waals surface area (Å²) in [4.78, 5) is 11.6. The second-order valence-corrected chi connectivity index (χ2v) is 5.22. The Balaban J connectivity index is 1.63. The first-order chi connectivity index (χ1) is 9.75. The fourth-order valence-electron chi connectivity index (χ4n) is 1.80. The van der Waals surface area contributed by atoms with Gasteiger partial charge in [-0.15, -0.1) is 0 Å². The molecular weight excluding hydrogens is 272 g/mol. The number of nitrogens with one attached hydrogen (secondary N) is 2. The standard InChI is InChI=1S/C15H18N2O2S/c18-14(13-7-9-20-11-13)10-17-15(19)16-8-6-12-4-2-1-3-5-12/h1-5,7,9,11,14,18H,6,8,10H2,(H2,16,17,19)/t14-/m1/s1. The first-order valence-electron chi connectivity index (χ1n) is 6.51. The SMILES string of the molecule is O=C(NCCc1ccccc1)NC[C@@H](O)c1ccsc1. The number of hydrogen-bond donors (Lipinski definition) is 3. The van der Waals surface area contributed by atoms with Crippen molar-refractivity contribution in [2.45, 2.75) is 12.5 Å². The van der Waals surface area contributed by atoms with Gasteiger partial charge >= 0.3 is 6.03 Å². The summed E-state index contributed by atoms with van der Waals surface area (Å²) in [6, 6.07) is 11.6. The van der Waals surface area contributed by atoms with E-state index in [0.29, 0.717) is 6.54 Å². The number of carbonyl (C=O) groups excluding carboxylic acids is 1. The van der Waals surface area contributed by atoms with E-state index in [4.69, 9.17) is 0 Å². The van der Waals surface area contributed by atoms with E-state index in [0.717, 1.165) is 12.0 Å². The first-order valence-corrected chi connectivity index (χ1v) is 7.46. The Morgan fingerprint density at radius 3 is 2.70 bits per heavy atom. The lowest BCUT2D eigenvalue weighted by atomic mass is 10.1. The summed E-state index contributed by atoms with van der Waals surface area (Å²) in [7, 11) is 0. The van der Waals surface area contributed by atoms with Crippen molar-refractivity contribution in [1.82, 2.24) is 10.6 Å². The molecule has 1 aromatic carbocycles. The van der Waals surface area contributed by atoms with Crippen LogP contribution in [0.3, 0.4) is 0 Å². The molecule has 2 rings (SSSR count). The van der Waals surface area contributed by atoms with Crippen LogP contribution < -0.4 is 10.6 Å². The minimum absolute atomic E-state index is 0.216. The van der Waals surface area contributed by atoms with Gasteiger partial charge in [-0.1, -0.05) is 30.3 Å². The van der Waals surface area contributed by atoms with Crippen LogP contribution in [0.1, 0.15) is 17.2 Å².